The lowest BCUT2D eigenvalue weighted by Crippen LogP contribution is -2.30. The first-order valence-electron chi connectivity index (χ1n) is 10.6. The molecular formula is C26H25N5O2. The standard InChI is InChI=1S/C26H25N5O2/c1-30(17-20-16-27-31(18-20)22-12-6-3-7-13-22)19-25(32)29-24-15-9-8-14-23(24)26(33)28-21-10-4-2-5-11-21/h2-16,18H,17,19H2,1H3,(H,28,33)(H,29,32). The number of amides is 2. The van der Waals surface area contributed by atoms with Crippen LogP contribution in [0.3, 0.4) is 0 Å². The van der Waals surface area contributed by atoms with E-state index in [2.05, 4.69) is 15.7 Å². The molecule has 0 aliphatic rings. The summed E-state index contributed by atoms with van der Waals surface area (Å²) >= 11 is 0. The molecule has 4 aromatic rings. The maximum absolute atomic E-state index is 12.7. The van der Waals surface area contributed by atoms with Gasteiger partial charge >= 0.3 is 0 Å². The molecule has 1 heterocycles. The van der Waals surface area contributed by atoms with E-state index >= 15 is 0 Å². The minimum atomic E-state index is -0.279. The van der Waals surface area contributed by atoms with E-state index in [0.717, 1.165) is 11.3 Å². The van der Waals surface area contributed by atoms with E-state index in [9.17, 15) is 9.59 Å². The van der Waals surface area contributed by atoms with Gasteiger partial charge in [0, 0.05) is 24.0 Å². The molecule has 0 aliphatic carbocycles. The Morgan fingerprint density at radius 2 is 1.55 bits per heavy atom. The second kappa shape index (κ2) is 10.4. The highest BCUT2D eigenvalue weighted by Crippen LogP contribution is 2.18. The SMILES string of the molecule is CN(CC(=O)Nc1ccccc1C(=O)Nc1ccccc1)Cc1cnn(-c2ccccc2)c1. The van der Waals surface area contributed by atoms with E-state index in [1.54, 1.807) is 30.5 Å². The zero-order valence-electron chi connectivity index (χ0n) is 18.3. The summed E-state index contributed by atoms with van der Waals surface area (Å²) in [6, 6.07) is 26.0. The molecule has 3 aromatic carbocycles. The number of para-hydroxylation sites is 3. The first-order valence-corrected chi connectivity index (χ1v) is 10.6. The van der Waals surface area contributed by atoms with Crippen LogP contribution >= 0.6 is 0 Å². The third kappa shape index (κ3) is 5.93. The van der Waals surface area contributed by atoms with Crippen molar-refractivity contribution in [1.29, 1.82) is 0 Å². The Bertz CT molecular complexity index is 1220. The van der Waals surface area contributed by atoms with E-state index in [4.69, 9.17) is 0 Å². The Hall–Kier alpha value is -4.23. The molecule has 7 nitrogen and oxygen atoms in total. The van der Waals surface area contributed by atoms with Gasteiger partial charge in [0.15, 0.2) is 0 Å². The quantitative estimate of drug-likeness (QED) is 0.431. The van der Waals surface area contributed by atoms with Crippen LogP contribution in [-0.2, 0) is 11.3 Å². The van der Waals surface area contributed by atoms with Gasteiger partial charge < -0.3 is 10.6 Å². The molecule has 0 fully saturated rings. The summed E-state index contributed by atoms with van der Waals surface area (Å²) in [5.74, 6) is -0.480. The second-order valence-corrected chi connectivity index (χ2v) is 7.71. The van der Waals surface area contributed by atoms with Gasteiger partial charge in [-0.15, -0.1) is 0 Å². The lowest BCUT2D eigenvalue weighted by atomic mass is 10.1. The topological polar surface area (TPSA) is 79.3 Å². The van der Waals surface area contributed by atoms with Crippen molar-refractivity contribution < 1.29 is 9.59 Å². The molecule has 0 aliphatic heterocycles. The lowest BCUT2D eigenvalue weighted by molar-refractivity contribution is -0.117. The Labute approximate surface area is 192 Å². The third-order valence-corrected chi connectivity index (χ3v) is 5.00. The Morgan fingerprint density at radius 1 is 0.879 bits per heavy atom. The number of hydrogen-bond donors (Lipinski definition) is 2. The molecule has 0 saturated carbocycles. The minimum absolute atomic E-state index is 0.172. The summed E-state index contributed by atoms with van der Waals surface area (Å²) < 4.78 is 1.81. The van der Waals surface area contributed by atoms with Crippen molar-refractivity contribution in [3.05, 3.63) is 108 Å². The number of aromatic nitrogens is 2. The lowest BCUT2D eigenvalue weighted by Gasteiger charge is -2.16. The van der Waals surface area contributed by atoms with Crippen molar-refractivity contribution in [2.75, 3.05) is 24.2 Å². The number of carbonyl (C=O) groups excluding carboxylic acids is 2. The molecule has 0 spiro atoms. The molecule has 2 amide bonds. The van der Waals surface area contributed by atoms with Gasteiger partial charge in [-0.1, -0.05) is 48.5 Å². The summed E-state index contributed by atoms with van der Waals surface area (Å²) in [5.41, 5.74) is 3.55. The molecule has 7 heteroatoms. The van der Waals surface area contributed by atoms with Crippen molar-refractivity contribution in [3.8, 4) is 5.69 Å². The van der Waals surface area contributed by atoms with Crippen LogP contribution in [0.1, 0.15) is 15.9 Å². The Balaban J connectivity index is 1.35. The number of likely N-dealkylation sites (N-methyl/N-ethyl adjacent to an activating group) is 1. The predicted molar refractivity (Wildman–Crippen MR) is 129 cm³/mol. The molecule has 2 N–H and O–H groups in total. The molecule has 166 valence electrons. The van der Waals surface area contributed by atoms with Gasteiger partial charge in [0.1, 0.15) is 0 Å². The molecule has 0 saturated heterocycles. The smallest absolute Gasteiger partial charge is 0.257 e. The van der Waals surface area contributed by atoms with Crippen LogP contribution in [0.4, 0.5) is 11.4 Å². The van der Waals surface area contributed by atoms with Crippen LogP contribution in [0.2, 0.25) is 0 Å². The normalized spacial score (nSPS) is 10.7. The highest BCUT2D eigenvalue weighted by atomic mass is 16.2. The van der Waals surface area contributed by atoms with Crippen LogP contribution in [0.15, 0.2) is 97.3 Å². The number of hydrogen-bond acceptors (Lipinski definition) is 4. The Kier molecular flexibility index (Phi) is 6.92. The van der Waals surface area contributed by atoms with Crippen molar-refractivity contribution >= 4 is 23.2 Å². The van der Waals surface area contributed by atoms with Crippen molar-refractivity contribution in [1.82, 2.24) is 14.7 Å². The van der Waals surface area contributed by atoms with Crippen molar-refractivity contribution in [3.63, 3.8) is 0 Å². The van der Waals surface area contributed by atoms with Gasteiger partial charge in [-0.2, -0.15) is 5.10 Å². The average Bonchev–Trinajstić information content (AvgIpc) is 3.29. The third-order valence-electron chi connectivity index (χ3n) is 5.00. The number of nitrogens with one attached hydrogen (secondary N) is 2. The number of benzene rings is 3. The maximum Gasteiger partial charge on any atom is 0.257 e. The van der Waals surface area contributed by atoms with Crippen molar-refractivity contribution in [2.24, 2.45) is 0 Å². The fourth-order valence-corrected chi connectivity index (χ4v) is 3.48. The molecule has 4 rings (SSSR count). The minimum Gasteiger partial charge on any atom is -0.324 e. The molecular weight excluding hydrogens is 414 g/mol. The molecule has 0 unspecified atom stereocenters. The molecule has 0 radical (unpaired) electrons. The zero-order chi connectivity index (χ0) is 23.0. The van der Waals surface area contributed by atoms with Gasteiger partial charge in [-0.25, -0.2) is 4.68 Å². The summed E-state index contributed by atoms with van der Waals surface area (Å²) in [5, 5.41) is 10.1. The van der Waals surface area contributed by atoms with Crippen molar-refractivity contribution in [2.45, 2.75) is 6.54 Å². The van der Waals surface area contributed by atoms with E-state index in [1.165, 1.54) is 0 Å². The van der Waals surface area contributed by atoms with Gasteiger partial charge in [0.25, 0.3) is 5.91 Å². The predicted octanol–water partition coefficient (Wildman–Crippen LogP) is 4.20. The van der Waals surface area contributed by atoms with Gasteiger partial charge in [-0.3, -0.25) is 14.5 Å². The van der Waals surface area contributed by atoms with Gasteiger partial charge in [-0.05, 0) is 43.4 Å². The molecule has 0 atom stereocenters. The maximum atomic E-state index is 12.7. The van der Waals surface area contributed by atoms with E-state index in [0.29, 0.717) is 23.5 Å². The highest BCUT2D eigenvalue weighted by molar-refractivity contribution is 6.10. The number of carbonyl (C=O) groups is 2. The van der Waals surface area contributed by atoms with Crippen LogP contribution in [-0.4, -0.2) is 40.1 Å². The first-order chi connectivity index (χ1) is 16.1. The highest BCUT2D eigenvalue weighted by Gasteiger charge is 2.15. The van der Waals surface area contributed by atoms with Gasteiger partial charge in [0.05, 0.1) is 29.7 Å². The molecule has 33 heavy (non-hydrogen) atoms. The fraction of sp³-hybridized carbons (Fsp3) is 0.115. The van der Waals surface area contributed by atoms with Crippen LogP contribution in [0.25, 0.3) is 5.69 Å². The number of rotatable bonds is 8. The number of anilines is 2. The van der Waals surface area contributed by atoms with Crippen LogP contribution < -0.4 is 10.6 Å². The fourth-order valence-electron chi connectivity index (χ4n) is 3.48. The summed E-state index contributed by atoms with van der Waals surface area (Å²) in [6.45, 7) is 0.738. The number of nitrogens with zero attached hydrogens (tertiary/aromatic N) is 3. The van der Waals surface area contributed by atoms with E-state index < -0.39 is 0 Å². The monoisotopic (exact) mass is 439 g/mol. The summed E-state index contributed by atoms with van der Waals surface area (Å²) in [6.07, 6.45) is 3.75. The Morgan fingerprint density at radius 3 is 2.30 bits per heavy atom. The van der Waals surface area contributed by atoms with Gasteiger partial charge in [0.2, 0.25) is 5.91 Å². The largest absolute Gasteiger partial charge is 0.324 e. The van der Waals surface area contributed by atoms with Crippen LogP contribution in [0, 0.1) is 0 Å². The van der Waals surface area contributed by atoms with E-state index in [1.807, 2.05) is 83.5 Å². The summed E-state index contributed by atoms with van der Waals surface area (Å²) in [7, 11) is 1.87. The second-order valence-electron chi connectivity index (χ2n) is 7.71. The van der Waals surface area contributed by atoms with Crippen LogP contribution in [0.5, 0.6) is 0 Å². The molecule has 1 aromatic heterocycles. The molecule has 0 bridgehead atoms. The summed E-state index contributed by atoms with van der Waals surface area (Å²) in [4.78, 5) is 27.3. The zero-order valence-corrected chi connectivity index (χ0v) is 18.3. The van der Waals surface area contributed by atoms with E-state index in [-0.39, 0.29) is 18.4 Å². The first kappa shape index (κ1) is 22.0. The average molecular weight is 440 g/mol.